The van der Waals surface area contributed by atoms with Gasteiger partial charge in [0.1, 0.15) is 40.7 Å². The maximum atomic E-state index is 12.4. The molecule has 4 heterocycles. The molecule has 15 atom stereocenters. The van der Waals surface area contributed by atoms with Crippen molar-refractivity contribution in [1.29, 1.82) is 0 Å². The minimum atomic E-state index is -0.842. The highest BCUT2D eigenvalue weighted by atomic mass is 16.7. The van der Waals surface area contributed by atoms with E-state index in [0.29, 0.717) is 64.2 Å². The van der Waals surface area contributed by atoms with Crippen LogP contribution < -0.4 is 0 Å². The van der Waals surface area contributed by atoms with E-state index in [-0.39, 0.29) is 201 Å². The second kappa shape index (κ2) is 44.8. The van der Waals surface area contributed by atoms with Gasteiger partial charge in [-0.1, -0.05) is 145 Å². The molecule has 0 aromatic carbocycles. The molecule has 23 heteroatoms. The molecule has 0 aromatic heterocycles. The van der Waals surface area contributed by atoms with E-state index in [1.807, 2.05) is 125 Å². The van der Waals surface area contributed by atoms with Gasteiger partial charge in [-0.15, -0.1) is 0 Å². The summed E-state index contributed by atoms with van der Waals surface area (Å²) < 4.78 is 55.7. The Bertz CT molecular complexity index is 3200. The summed E-state index contributed by atoms with van der Waals surface area (Å²) in [6, 6.07) is 0. The first-order valence-electron chi connectivity index (χ1n) is 42.3. The number of rotatable bonds is 21. The van der Waals surface area contributed by atoms with Crippen molar-refractivity contribution in [2.75, 3.05) is 7.11 Å². The van der Waals surface area contributed by atoms with Gasteiger partial charge in [0, 0.05) is 50.4 Å². The quantitative estimate of drug-likeness (QED) is 0.0613. The zero-order chi connectivity index (χ0) is 82.0. The van der Waals surface area contributed by atoms with Gasteiger partial charge in [-0.05, 0) is 249 Å². The Morgan fingerprint density at radius 3 is 0.984 bits per heavy atom. The molecule has 122 heavy (non-hydrogen) atoms. The summed E-state index contributed by atoms with van der Waals surface area (Å²) in [4.78, 5) is 109. The SMILES string of the molecule is C.C.C.C.C.C.C.C.C.C.C.C.CCC(C)(C)C(=O)OC12CC3CC(O)(CC(O)(C3)C1)C2.CCC(C)(C)C(=O)OC12CC3CC(O)(CC(O)(C3)C1)C2.CCC(C)(C)C(=O)OC1C2CC3C(=O)OC1C3O2.CCC(C)(C)C(=O)OC1C2CC3C1OC(=O)C3C2C(=O)OC.CCC1(OC(=O)C(C)(C)CC)CCCC1.CCC1(OC(=O)C(C)(C)CC)CCCC1. The molecule has 23 nitrogen and oxygen atoms in total. The molecular formula is C99H188O23. The predicted octanol–water partition coefficient (Wildman–Crippen LogP) is 21.7. The fourth-order valence-electron chi connectivity index (χ4n) is 20.6. The van der Waals surface area contributed by atoms with Gasteiger partial charge in [0.2, 0.25) is 0 Å². The van der Waals surface area contributed by atoms with E-state index < -0.39 is 97.5 Å². The van der Waals surface area contributed by atoms with Crippen LogP contribution in [0.5, 0.6) is 0 Å². The van der Waals surface area contributed by atoms with Gasteiger partial charge >= 0.3 is 53.7 Å². The molecule has 4 N–H and O–H groups in total. The first-order valence-corrected chi connectivity index (χ1v) is 42.3. The van der Waals surface area contributed by atoms with Crippen LogP contribution in [0.2, 0.25) is 0 Å². The fraction of sp³-hybridized carbons (Fsp3) is 0.909. The number of fused-ring (bicyclic) bond motifs is 2. The molecule has 0 spiro atoms. The molecular weight excluding hydrogens is 1560 g/mol. The van der Waals surface area contributed by atoms with Gasteiger partial charge in [-0.25, -0.2) is 0 Å². The molecule has 16 rings (SSSR count). The molecule has 12 aliphatic carbocycles. The van der Waals surface area contributed by atoms with Crippen LogP contribution in [0, 0.1) is 73.9 Å². The van der Waals surface area contributed by atoms with E-state index in [0.717, 1.165) is 103 Å². The van der Waals surface area contributed by atoms with Crippen molar-refractivity contribution in [1.82, 2.24) is 0 Å². The molecule has 16 aliphatic rings. The lowest BCUT2D eigenvalue weighted by atomic mass is 9.50. The summed E-state index contributed by atoms with van der Waals surface area (Å²) in [6.07, 6.45) is 22.0. The molecule has 15 unspecified atom stereocenters. The summed E-state index contributed by atoms with van der Waals surface area (Å²) in [5.74, 6) is -2.77. The maximum absolute atomic E-state index is 12.4. The van der Waals surface area contributed by atoms with Crippen LogP contribution in [0.3, 0.4) is 0 Å². The molecule has 0 radical (unpaired) electrons. The number of carbonyl (C=O) groups excluding carboxylic acids is 9. The summed E-state index contributed by atoms with van der Waals surface area (Å²) >= 11 is 0. The average molecular weight is 1750 g/mol. The maximum Gasteiger partial charge on any atom is 0.312 e. The molecule has 4 aliphatic heterocycles. The molecule has 0 aromatic rings. The highest BCUT2D eigenvalue weighted by molar-refractivity contribution is 5.87. The minimum Gasteiger partial charge on any atom is -0.469 e. The highest BCUT2D eigenvalue weighted by Gasteiger charge is 2.72. The van der Waals surface area contributed by atoms with E-state index in [4.69, 9.17) is 47.4 Å². The zero-order valence-electron chi connectivity index (χ0n) is 70.8. The van der Waals surface area contributed by atoms with E-state index in [1.165, 1.54) is 32.8 Å². The van der Waals surface area contributed by atoms with Crippen molar-refractivity contribution in [2.24, 2.45) is 73.9 Å². The monoisotopic (exact) mass is 1750 g/mol. The molecule has 16 fully saturated rings. The standard InChI is InChI=1S/C16H22O6.2C16H26O4.C13H18O5.2C13H24O2.12CH4/c1-5-16(2,3)15(19)22-12-7-6-8-10(9(7)13(17)20-4)14(18)21-11(8)12;2*1-4-13(2,3)12(17)20-16-7-11-5-14(18,9-16)8-15(19,6-11)10-16;1-4-13(2,3)12(15)18-9-7-5-6-8(16-7)10(9)17-11(6)14;2*1-5-12(3,4)11(14)15-13(6-2)9-7-8-10-13;;;;;;;;;;;;/h7-12H,5-6H2,1-4H3;2*11,18-19H,4-10H2,1-3H3;6-10H,4-5H2,1-3H3;2*5-10H2,1-4H3;12*1H4. The summed E-state index contributed by atoms with van der Waals surface area (Å²) in [6.45, 7) is 38.9. The van der Waals surface area contributed by atoms with Crippen molar-refractivity contribution in [3.05, 3.63) is 0 Å². The Labute approximate surface area is 743 Å². The van der Waals surface area contributed by atoms with Crippen LogP contribution in [0.15, 0.2) is 0 Å². The molecule has 12 saturated carbocycles. The third-order valence-electron chi connectivity index (χ3n) is 29.4. The van der Waals surface area contributed by atoms with E-state index in [2.05, 4.69) is 13.8 Å². The molecule has 4 saturated heterocycles. The van der Waals surface area contributed by atoms with Gasteiger partial charge in [-0.2, -0.15) is 0 Å². The number of aliphatic hydroxyl groups is 4. The van der Waals surface area contributed by atoms with Crippen LogP contribution in [0.1, 0.15) is 420 Å². The average Bonchev–Trinajstić information content (AvgIpc) is 1.04. The molecule has 0 amide bonds. The molecule has 722 valence electrons. The van der Waals surface area contributed by atoms with Crippen LogP contribution in [0.25, 0.3) is 0 Å². The molecule has 12 bridgehead atoms. The third-order valence-corrected chi connectivity index (χ3v) is 29.4. The fourth-order valence-corrected chi connectivity index (χ4v) is 20.6. The number of carbonyl (C=O) groups is 9. The Hall–Kier alpha value is -4.97. The van der Waals surface area contributed by atoms with E-state index >= 15 is 0 Å². The first kappa shape index (κ1) is 123. The van der Waals surface area contributed by atoms with Crippen LogP contribution >= 0.6 is 0 Å². The number of esters is 9. The van der Waals surface area contributed by atoms with Gasteiger partial charge in [0.05, 0.1) is 85.9 Å². The minimum absolute atomic E-state index is 0. The summed E-state index contributed by atoms with van der Waals surface area (Å²) in [5, 5.41) is 42.6. The van der Waals surface area contributed by atoms with Crippen molar-refractivity contribution >= 4 is 53.7 Å². The topological polar surface area (TPSA) is 327 Å². The Morgan fingerprint density at radius 2 is 0.680 bits per heavy atom. The largest absolute Gasteiger partial charge is 0.469 e. The zero-order valence-corrected chi connectivity index (χ0v) is 70.8. The Kier molecular flexibility index (Phi) is 45.3. The predicted molar refractivity (Wildman–Crippen MR) is 487 cm³/mol. The Morgan fingerprint density at radius 1 is 0.377 bits per heavy atom. The van der Waals surface area contributed by atoms with Crippen molar-refractivity contribution in [2.45, 2.75) is 502 Å². The third kappa shape index (κ3) is 25.7. The lowest BCUT2D eigenvalue weighted by Crippen LogP contribution is -2.67. The number of ether oxygens (including phenoxy) is 10. The normalized spacial score (nSPS) is 33.3. The summed E-state index contributed by atoms with van der Waals surface area (Å²) in [5.41, 5.74) is -7.70. The van der Waals surface area contributed by atoms with Crippen LogP contribution in [0.4, 0.5) is 0 Å². The van der Waals surface area contributed by atoms with E-state index in [1.54, 1.807) is 0 Å². The summed E-state index contributed by atoms with van der Waals surface area (Å²) in [7, 11) is 1.31. The second-order valence-corrected chi connectivity index (χ2v) is 40.4. The van der Waals surface area contributed by atoms with Crippen molar-refractivity contribution in [3.63, 3.8) is 0 Å². The number of hydrogen-bond donors (Lipinski definition) is 4. The van der Waals surface area contributed by atoms with Gasteiger partial charge in [0.15, 0.2) is 12.2 Å². The Balaban J connectivity index is -0.000000675. The smallest absolute Gasteiger partial charge is 0.312 e. The van der Waals surface area contributed by atoms with Gasteiger partial charge in [0.25, 0.3) is 0 Å². The van der Waals surface area contributed by atoms with Crippen LogP contribution in [-0.2, 0) is 90.5 Å². The van der Waals surface area contributed by atoms with Crippen LogP contribution in [-0.4, -0.2) is 163 Å². The van der Waals surface area contributed by atoms with Crippen molar-refractivity contribution < 1.29 is 111 Å². The highest BCUT2D eigenvalue weighted by Crippen LogP contribution is 2.64. The van der Waals surface area contributed by atoms with Crippen molar-refractivity contribution in [3.8, 4) is 0 Å². The van der Waals surface area contributed by atoms with Gasteiger partial charge in [-0.3, -0.25) is 43.2 Å². The lowest BCUT2D eigenvalue weighted by molar-refractivity contribution is -0.265. The lowest BCUT2D eigenvalue weighted by Gasteiger charge is -2.62. The number of methoxy groups -OCH3 is 1. The van der Waals surface area contributed by atoms with E-state index in [9.17, 15) is 63.6 Å². The number of hydrogen-bond acceptors (Lipinski definition) is 23. The second-order valence-electron chi connectivity index (χ2n) is 40.4. The first-order chi connectivity index (χ1) is 50.9. The van der Waals surface area contributed by atoms with Gasteiger partial charge < -0.3 is 67.8 Å².